The molecule has 0 unspecified atom stereocenters. The van der Waals surface area contributed by atoms with Gasteiger partial charge in [0.15, 0.2) is 0 Å². The Kier molecular flexibility index (Phi) is 4.55. The van der Waals surface area contributed by atoms with Gasteiger partial charge in [-0.15, -0.1) is 0 Å². The van der Waals surface area contributed by atoms with Crippen molar-refractivity contribution in [2.45, 2.75) is 19.4 Å². The fraction of sp³-hybridized carbons (Fsp3) is 0.300. The number of hydrogen-bond donors (Lipinski definition) is 0. The summed E-state index contributed by atoms with van der Waals surface area (Å²) in [6, 6.07) is 9.78. The summed E-state index contributed by atoms with van der Waals surface area (Å²) >= 11 is 0. The van der Waals surface area contributed by atoms with Crippen LogP contribution in [-0.2, 0) is 6.54 Å². The third kappa shape index (κ3) is 3.38. The molecule has 2 aromatic heterocycles. The lowest BCUT2D eigenvalue weighted by molar-refractivity contribution is 0.351. The number of aromatic nitrogens is 3. The molecular formula is C20H18FN5O. The van der Waals surface area contributed by atoms with Crippen molar-refractivity contribution in [2.75, 3.05) is 18.0 Å². The number of nitrogens with zero attached hydrogens (tertiary/aromatic N) is 5. The van der Waals surface area contributed by atoms with Crippen molar-refractivity contribution in [1.82, 2.24) is 14.5 Å². The molecule has 1 aliphatic rings. The Bertz CT molecular complexity index is 1080. The molecule has 7 heteroatoms. The van der Waals surface area contributed by atoms with E-state index in [1.807, 2.05) is 0 Å². The van der Waals surface area contributed by atoms with Gasteiger partial charge in [-0.2, -0.15) is 5.26 Å². The van der Waals surface area contributed by atoms with Gasteiger partial charge in [-0.05, 0) is 43.0 Å². The van der Waals surface area contributed by atoms with E-state index in [1.54, 1.807) is 22.9 Å². The summed E-state index contributed by atoms with van der Waals surface area (Å²) in [7, 11) is 0. The number of halogens is 1. The molecule has 3 heterocycles. The van der Waals surface area contributed by atoms with Gasteiger partial charge in [0, 0.05) is 31.9 Å². The minimum atomic E-state index is -0.397. The summed E-state index contributed by atoms with van der Waals surface area (Å²) in [4.78, 5) is 23.3. The molecule has 1 fully saturated rings. The van der Waals surface area contributed by atoms with Crippen LogP contribution in [0, 0.1) is 23.1 Å². The topological polar surface area (TPSA) is 74.8 Å². The SMILES string of the molecule is N#Cc1cccnc1N1CCC(Cn2cnc3cc(F)ccc3c2=O)CC1. The number of benzene rings is 1. The van der Waals surface area contributed by atoms with Gasteiger partial charge in [0.2, 0.25) is 0 Å². The van der Waals surface area contributed by atoms with Gasteiger partial charge in [-0.3, -0.25) is 9.36 Å². The standard InChI is InChI=1S/C20H18FN5O/c21-16-3-4-17-18(10-16)24-13-26(20(17)27)12-14-5-8-25(9-6-14)19-15(11-22)2-1-7-23-19/h1-4,7,10,13-14H,5-6,8-9,12H2. The lowest BCUT2D eigenvalue weighted by atomic mass is 9.96. The van der Waals surface area contributed by atoms with Crippen LogP contribution in [0.15, 0.2) is 47.7 Å². The van der Waals surface area contributed by atoms with E-state index in [4.69, 9.17) is 0 Å². The first-order chi connectivity index (χ1) is 13.2. The molecule has 1 aromatic carbocycles. The first-order valence-corrected chi connectivity index (χ1v) is 8.90. The first kappa shape index (κ1) is 17.2. The summed E-state index contributed by atoms with van der Waals surface area (Å²) in [5.41, 5.74) is 0.822. The third-order valence-corrected chi connectivity index (χ3v) is 5.06. The molecule has 0 aliphatic carbocycles. The van der Waals surface area contributed by atoms with Gasteiger partial charge < -0.3 is 4.90 Å². The molecule has 6 nitrogen and oxygen atoms in total. The predicted molar refractivity (Wildman–Crippen MR) is 99.9 cm³/mol. The van der Waals surface area contributed by atoms with Crippen LogP contribution in [0.4, 0.5) is 10.2 Å². The van der Waals surface area contributed by atoms with Crippen molar-refractivity contribution >= 4 is 16.7 Å². The molecule has 27 heavy (non-hydrogen) atoms. The first-order valence-electron chi connectivity index (χ1n) is 8.90. The van der Waals surface area contributed by atoms with Gasteiger partial charge in [-0.1, -0.05) is 0 Å². The lowest BCUT2D eigenvalue weighted by Gasteiger charge is -2.33. The average Bonchev–Trinajstić information content (AvgIpc) is 2.70. The molecule has 0 saturated carbocycles. The molecule has 0 atom stereocenters. The highest BCUT2D eigenvalue weighted by molar-refractivity contribution is 5.77. The molecule has 0 amide bonds. The van der Waals surface area contributed by atoms with E-state index in [9.17, 15) is 14.4 Å². The van der Waals surface area contributed by atoms with E-state index in [1.165, 1.54) is 24.5 Å². The largest absolute Gasteiger partial charge is 0.356 e. The van der Waals surface area contributed by atoms with E-state index in [2.05, 4.69) is 20.9 Å². The van der Waals surface area contributed by atoms with Crippen molar-refractivity contribution in [3.8, 4) is 6.07 Å². The molecule has 0 spiro atoms. The fourth-order valence-electron chi connectivity index (χ4n) is 3.60. The minimum absolute atomic E-state index is 0.140. The van der Waals surface area contributed by atoms with E-state index < -0.39 is 5.82 Å². The number of anilines is 1. The maximum absolute atomic E-state index is 13.3. The third-order valence-electron chi connectivity index (χ3n) is 5.06. The van der Waals surface area contributed by atoms with Gasteiger partial charge in [0.1, 0.15) is 17.7 Å². The minimum Gasteiger partial charge on any atom is -0.356 e. The second-order valence-electron chi connectivity index (χ2n) is 6.78. The van der Waals surface area contributed by atoms with Crippen LogP contribution < -0.4 is 10.5 Å². The van der Waals surface area contributed by atoms with Crippen molar-refractivity contribution < 1.29 is 4.39 Å². The predicted octanol–water partition coefficient (Wildman–Crippen LogP) is 2.72. The second-order valence-corrected chi connectivity index (χ2v) is 6.78. The van der Waals surface area contributed by atoms with E-state index >= 15 is 0 Å². The monoisotopic (exact) mass is 363 g/mol. The highest BCUT2D eigenvalue weighted by Gasteiger charge is 2.22. The Morgan fingerprint density at radius 1 is 1.22 bits per heavy atom. The smallest absolute Gasteiger partial charge is 0.261 e. The van der Waals surface area contributed by atoms with Crippen molar-refractivity contribution in [3.05, 3.63) is 64.6 Å². The van der Waals surface area contributed by atoms with Crippen LogP contribution in [0.2, 0.25) is 0 Å². The van der Waals surface area contributed by atoms with Crippen LogP contribution >= 0.6 is 0 Å². The fourth-order valence-corrected chi connectivity index (χ4v) is 3.60. The van der Waals surface area contributed by atoms with Crippen LogP contribution in [0.25, 0.3) is 10.9 Å². The highest BCUT2D eigenvalue weighted by atomic mass is 19.1. The van der Waals surface area contributed by atoms with E-state index in [0.717, 1.165) is 31.7 Å². The number of rotatable bonds is 3. The lowest BCUT2D eigenvalue weighted by Crippen LogP contribution is -2.37. The molecule has 3 aromatic rings. The molecule has 0 N–H and O–H groups in total. The average molecular weight is 363 g/mol. The maximum atomic E-state index is 13.3. The zero-order valence-electron chi connectivity index (χ0n) is 14.7. The Morgan fingerprint density at radius 2 is 2.04 bits per heavy atom. The molecule has 1 saturated heterocycles. The number of piperidine rings is 1. The highest BCUT2D eigenvalue weighted by Crippen LogP contribution is 2.25. The van der Waals surface area contributed by atoms with Gasteiger partial charge in [0.25, 0.3) is 5.56 Å². The van der Waals surface area contributed by atoms with Crippen LogP contribution in [0.5, 0.6) is 0 Å². The van der Waals surface area contributed by atoms with E-state index in [-0.39, 0.29) is 5.56 Å². The Hall–Kier alpha value is -3.27. The van der Waals surface area contributed by atoms with E-state index in [0.29, 0.717) is 28.9 Å². The Morgan fingerprint density at radius 3 is 2.81 bits per heavy atom. The second kappa shape index (κ2) is 7.16. The van der Waals surface area contributed by atoms with Crippen LogP contribution in [-0.4, -0.2) is 27.6 Å². The summed E-state index contributed by atoms with van der Waals surface area (Å²) in [5.74, 6) is 0.670. The number of pyridine rings is 1. The van der Waals surface area contributed by atoms with Gasteiger partial charge in [-0.25, -0.2) is 14.4 Å². The molecular weight excluding hydrogens is 345 g/mol. The zero-order valence-corrected chi connectivity index (χ0v) is 14.7. The quantitative estimate of drug-likeness (QED) is 0.715. The molecule has 0 radical (unpaired) electrons. The Labute approximate surface area is 155 Å². The summed E-state index contributed by atoms with van der Waals surface area (Å²) < 4.78 is 14.9. The van der Waals surface area contributed by atoms with Gasteiger partial charge in [0.05, 0.1) is 22.8 Å². The molecule has 0 bridgehead atoms. The molecule has 4 rings (SSSR count). The van der Waals surface area contributed by atoms with Crippen molar-refractivity contribution in [2.24, 2.45) is 5.92 Å². The summed E-state index contributed by atoms with van der Waals surface area (Å²) in [6.45, 7) is 2.16. The maximum Gasteiger partial charge on any atom is 0.261 e. The van der Waals surface area contributed by atoms with Crippen molar-refractivity contribution in [1.29, 1.82) is 5.26 Å². The number of nitriles is 1. The normalized spacial score (nSPS) is 15.0. The Balaban J connectivity index is 1.48. The summed E-state index contributed by atoms with van der Waals surface area (Å²) in [5, 5.41) is 9.68. The molecule has 136 valence electrons. The van der Waals surface area contributed by atoms with Crippen LogP contribution in [0.3, 0.4) is 0 Å². The number of hydrogen-bond acceptors (Lipinski definition) is 5. The molecule has 1 aliphatic heterocycles. The van der Waals surface area contributed by atoms with Crippen molar-refractivity contribution in [3.63, 3.8) is 0 Å². The van der Waals surface area contributed by atoms with Crippen LogP contribution in [0.1, 0.15) is 18.4 Å². The number of fused-ring (bicyclic) bond motifs is 1. The summed E-state index contributed by atoms with van der Waals surface area (Å²) in [6.07, 6.45) is 5.00. The zero-order chi connectivity index (χ0) is 18.8. The van der Waals surface area contributed by atoms with Gasteiger partial charge >= 0.3 is 0 Å².